The first-order valence-corrected chi connectivity index (χ1v) is 2.72. The fourth-order valence-electron chi connectivity index (χ4n) is 0.171. The molecule has 0 heterocycles. The van der Waals surface area contributed by atoms with E-state index < -0.39 is 0 Å². The molecular weight excluding hydrogens is 91.0 g/mol. The van der Waals surface area contributed by atoms with Gasteiger partial charge in [0.15, 0.2) is 0 Å². The molecule has 6 heavy (non-hydrogen) atoms. The van der Waals surface area contributed by atoms with Crippen molar-refractivity contribution in [3.05, 3.63) is 12.3 Å². The van der Waals surface area contributed by atoms with Gasteiger partial charge in [0.25, 0.3) is 0 Å². The molecule has 0 amide bonds. The van der Waals surface area contributed by atoms with E-state index in [9.17, 15) is 0 Å². The Morgan fingerprint density at radius 3 is 2.50 bits per heavy atom. The molecule has 1 N–H and O–H groups in total. The van der Waals surface area contributed by atoms with E-state index >= 15 is 0 Å². The Balaban J connectivity index is 2.66. The summed E-state index contributed by atoms with van der Waals surface area (Å²) in [4.78, 5) is 0. The third kappa shape index (κ3) is 4.07. The van der Waals surface area contributed by atoms with Gasteiger partial charge in [-0.05, 0) is 6.42 Å². The van der Waals surface area contributed by atoms with Crippen LogP contribution in [-0.2, 0) is 0 Å². The van der Waals surface area contributed by atoms with Crippen LogP contribution in [0.1, 0.15) is 6.42 Å². The van der Waals surface area contributed by atoms with E-state index in [1.54, 1.807) is 6.08 Å². The zero-order chi connectivity index (χ0) is 4.83. The Hall–Kier alpha value is 0.0725. The quantitative estimate of drug-likeness (QED) is 0.404. The minimum absolute atomic E-state index is 0.946. The number of hydrogen-bond donors (Lipinski definition) is 1. The van der Waals surface area contributed by atoms with Crippen molar-refractivity contribution >= 4 is 16.3 Å². The van der Waals surface area contributed by atoms with Gasteiger partial charge in [0, 0.05) is 0 Å². The summed E-state index contributed by atoms with van der Waals surface area (Å²) >= 11 is 2.57. The second kappa shape index (κ2) is 5.07. The highest BCUT2D eigenvalue weighted by atomic mass is 27.0. The fourth-order valence-corrected chi connectivity index (χ4v) is 0.363. The van der Waals surface area contributed by atoms with Gasteiger partial charge in [-0.3, -0.25) is 0 Å². The van der Waals surface area contributed by atoms with E-state index in [2.05, 4.69) is 16.3 Å². The van der Waals surface area contributed by atoms with Crippen molar-refractivity contribution in [2.45, 2.75) is 11.7 Å². The van der Waals surface area contributed by atoms with Crippen molar-refractivity contribution < 1.29 is 5.11 Å². The van der Waals surface area contributed by atoms with Gasteiger partial charge in [0.05, 0.1) is 6.26 Å². The maximum atomic E-state index is 8.01. The number of allylic oxidation sites excluding steroid dienone is 1. The predicted octanol–water partition coefficient (Wildman–Crippen LogP) is 1.03. The molecule has 0 aliphatic rings. The minimum atomic E-state index is 0.946. The number of hydrogen-bond acceptors (Lipinski definition) is 1. The third-order valence-electron chi connectivity index (χ3n) is 0.439. The molecule has 0 atom stereocenters. The zero-order valence-corrected chi connectivity index (χ0v) is 4.75. The van der Waals surface area contributed by atoms with Crippen LogP contribution >= 0.6 is 0 Å². The average Bonchev–Trinajstić information content (AvgIpc) is 1.61. The van der Waals surface area contributed by atoms with Crippen molar-refractivity contribution in [1.29, 1.82) is 0 Å². The summed E-state index contributed by atoms with van der Waals surface area (Å²) in [5.41, 5.74) is 0. The van der Waals surface area contributed by atoms with Gasteiger partial charge in [0.2, 0.25) is 0 Å². The van der Waals surface area contributed by atoms with E-state index in [1.807, 2.05) is 0 Å². The van der Waals surface area contributed by atoms with E-state index in [0.29, 0.717) is 0 Å². The highest BCUT2D eigenvalue weighted by molar-refractivity contribution is 6.08. The van der Waals surface area contributed by atoms with Gasteiger partial charge >= 0.3 is 0 Å². The smallest absolute Gasteiger partial charge is 0.118 e. The molecule has 2 heteroatoms. The SMILES string of the molecule is OC=CC[CH2][Al]. The van der Waals surface area contributed by atoms with Gasteiger partial charge in [-0.25, -0.2) is 0 Å². The number of aliphatic hydroxyl groups is 1. The van der Waals surface area contributed by atoms with Gasteiger partial charge in [0.1, 0.15) is 16.3 Å². The van der Waals surface area contributed by atoms with Crippen molar-refractivity contribution in [2.75, 3.05) is 0 Å². The highest BCUT2D eigenvalue weighted by Gasteiger charge is 1.65. The van der Waals surface area contributed by atoms with Crippen LogP contribution in [0.5, 0.6) is 0 Å². The zero-order valence-electron chi connectivity index (χ0n) is 3.59. The lowest BCUT2D eigenvalue weighted by Crippen LogP contribution is -1.62. The molecule has 1 nitrogen and oxygen atoms in total. The largest absolute Gasteiger partial charge is 0.516 e. The molecule has 0 rings (SSSR count). The monoisotopic (exact) mass is 98.0 g/mol. The van der Waals surface area contributed by atoms with Crippen LogP contribution in [0.4, 0.5) is 0 Å². The first-order chi connectivity index (χ1) is 2.91. The molecule has 0 unspecified atom stereocenters. The Labute approximate surface area is 46.1 Å². The molecule has 0 fully saturated rings. The van der Waals surface area contributed by atoms with Gasteiger partial charge in [-0.15, -0.1) is 5.28 Å². The van der Waals surface area contributed by atoms with E-state index in [-0.39, 0.29) is 0 Å². The molecule has 0 aromatic carbocycles. The minimum Gasteiger partial charge on any atom is -0.516 e. The summed E-state index contributed by atoms with van der Waals surface area (Å²) < 4.78 is 0. The molecule has 0 aliphatic carbocycles. The molecule has 0 aromatic rings. The normalized spacial score (nSPS) is 10.0. The van der Waals surface area contributed by atoms with Crippen molar-refractivity contribution in [3.63, 3.8) is 0 Å². The van der Waals surface area contributed by atoms with Crippen LogP contribution in [0.2, 0.25) is 5.28 Å². The van der Waals surface area contributed by atoms with Crippen molar-refractivity contribution in [3.8, 4) is 0 Å². The highest BCUT2D eigenvalue weighted by Crippen LogP contribution is 1.82. The topological polar surface area (TPSA) is 20.2 Å². The summed E-state index contributed by atoms with van der Waals surface area (Å²) in [6, 6.07) is 0. The first-order valence-electron chi connectivity index (χ1n) is 1.91. The first kappa shape index (κ1) is 6.07. The molecular formula is C4H7AlO. The second-order valence-electron chi connectivity index (χ2n) is 0.962. The molecule has 0 aromatic heterocycles. The van der Waals surface area contributed by atoms with Crippen LogP contribution in [0.15, 0.2) is 12.3 Å². The fraction of sp³-hybridized carbons (Fsp3) is 0.500. The predicted molar refractivity (Wildman–Crippen MR) is 26.9 cm³/mol. The Morgan fingerprint density at radius 2 is 2.33 bits per heavy atom. The molecule has 32 valence electrons. The number of aliphatic hydroxyl groups excluding tert-OH is 1. The summed E-state index contributed by atoms with van der Waals surface area (Å²) in [5, 5.41) is 9.03. The molecule has 0 saturated heterocycles. The van der Waals surface area contributed by atoms with Crippen molar-refractivity contribution in [2.24, 2.45) is 0 Å². The maximum Gasteiger partial charge on any atom is 0.118 e. The molecule has 2 radical (unpaired) electrons. The summed E-state index contributed by atoms with van der Waals surface area (Å²) in [5.74, 6) is 0. The van der Waals surface area contributed by atoms with Crippen LogP contribution in [0.25, 0.3) is 0 Å². The standard InChI is InChI=1S/C4H7O.Al/c1-2-3-4-5;/h3-5H,1-2H2;. The number of rotatable bonds is 2. The lowest BCUT2D eigenvalue weighted by Gasteiger charge is -1.76. The Bertz CT molecular complexity index is 42.8. The lowest BCUT2D eigenvalue weighted by molar-refractivity contribution is 0.471. The Kier molecular flexibility index (Phi) is 5.13. The third-order valence-corrected chi connectivity index (χ3v) is 0.772. The van der Waals surface area contributed by atoms with E-state index in [4.69, 9.17) is 5.11 Å². The molecule has 0 bridgehead atoms. The summed E-state index contributed by atoms with van der Waals surface area (Å²) in [6.45, 7) is 0. The van der Waals surface area contributed by atoms with E-state index in [0.717, 1.165) is 18.0 Å². The lowest BCUT2D eigenvalue weighted by atomic mass is 10.5. The van der Waals surface area contributed by atoms with Crippen LogP contribution in [0.3, 0.4) is 0 Å². The average molecular weight is 98.1 g/mol. The summed E-state index contributed by atoms with van der Waals surface area (Å²) in [7, 11) is 0. The van der Waals surface area contributed by atoms with Crippen LogP contribution < -0.4 is 0 Å². The van der Waals surface area contributed by atoms with E-state index in [1.165, 1.54) is 0 Å². The van der Waals surface area contributed by atoms with Gasteiger partial charge in [-0.1, -0.05) is 6.08 Å². The van der Waals surface area contributed by atoms with Crippen molar-refractivity contribution in [1.82, 2.24) is 0 Å². The van der Waals surface area contributed by atoms with Crippen LogP contribution in [0, 0.1) is 0 Å². The molecule has 0 aliphatic heterocycles. The van der Waals surface area contributed by atoms with Crippen LogP contribution in [-0.4, -0.2) is 21.4 Å². The van der Waals surface area contributed by atoms with Gasteiger partial charge in [-0.2, -0.15) is 0 Å². The Morgan fingerprint density at radius 1 is 1.67 bits per heavy atom. The van der Waals surface area contributed by atoms with Gasteiger partial charge < -0.3 is 5.11 Å². The summed E-state index contributed by atoms with van der Waals surface area (Å²) in [6.07, 6.45) is 3.73. The second-order valence-corrected chi connectivity index (χ2v) is 1.54. The maximum absolute atomic E-state index is 8.01. The molecule has 0 spiro atoms. The molecule has 0 saturated carbocycles.